The Morgan fingerprint density at radius 1 is 0.731 bits per heavy atom. The van der Waals surface area contributed by atoms with Crippen LogP contribution < -0.4 is 5.32 Å². The summed E-state index contributed by atoms with van der Waals surface area (Å²) in [7, 11) is 0. The molecule has 0 saturated carbocycles. The lowest BCUT2D eigenvalue weighted by Gasteiger charge is -2.08. The van der Waals surface area contributed by atoms with E-state index in [1.165, 1.54) is 12.8 Å². The van der Waals surface area contributed by atoms with Crippen molar-refractivity contribution >= 4 is 11.9 Å². The van der Waals surface area contributed by atoms with E-state index < -0.39 is 12.6 Å². The van der Waals surface area contributed by atoms with E-state index in [9.17, 15) is 9.59 Å². The topological polar surface area (TPSA) is 113 Å². The van der Waals surface area contributed by atoms with Gasteiger partial charge in [-0.2, -0.15) is 0 Å². The molecule has 0 atom stereocenters. The van der Waals surface area contributed by atoms with Crippen LogP contribution in [0, 0.1) is 0 Å². The second kappa shape index (κ2) is 20.1. The fraction of sp³-hybridized carbons (Fsp3) is 0.882. The number of carboxylic acid groups (broad SMARTS) is 1. The van der Waals surface area contributed by atoms with E-state index >= 15 is 0 Å². The van der Waals surface area contributed by atoms with Gasteiger partial charge >= 0.3 is 5.97 Å². The molecule has 0 aliphatic carbocycles. The number of rotatable bonds is 20. The lowest BCUT2D eigenvalue weighted by Crippen LogP contribution is -2.31. The average Bonchev–Trinajstić information content (AvgIpc) is 2.61. The molecule has 0 aromatic rings. The van der Waals surface area contributed by atoms with Crippen molar-refractivity contribution in [2.45, 2.75) is 26.2 Å². The van der Waals surface area contributed by atoms with Crippen LogP contribution in [-0.2, 0) is 33.3 Å². The van der Waals surface area contributed by atoms with Crippen LogP contribution in [0.2, 0.25) is 0 Å². The first kappa shape index (κ1) is 24.7. The molecule has 0 fully saturated rings. The van der Waals surface area contributed by atoms with Crippen LogP contribution in [0.15, 0.2) is 0 Å². The van der Waals surface area contributed by atoms with Gasteiger partial charge in [-0.25, -0.2) is 4.79 Å². The van der Waals surface area contributed by atoms with E-state index in [-0.39, 0.29) is 12.5 Å². The van der Waals surface area contributed by atoms with Crippen molar-refractivity contribution in [1.29, 1.82) is 0 Å². The molecule has 0 bridgehead atoms. The van der Waals surface area contributed by atoms with Gasteiger partial charge in [-0.3, -0.25) is 4.79 Å². The third-order valence-electron chi connectivity index (χ3n) is 3.04. The molecule has 26 heavy (non-hydrogen) atoms. The number of hydrogen-bond donors (Lipinski definition) is 2. The van der Waals surface area contributed by atoms with Gasteiger partial charge in [0.2, 0.25) is 5.91 Å². The van der Waals surface area contributed by atoms with E-state index in [2.05, 4.69) is 17.0 Å². The van der Waals surface area contributed by atoms with Crippen molar-refractivity contribution in [2.24, 2.45) is 0 Å². The van der Waals surface area contributed by atoms with E-state index in [1.54, 1.807) is 0 Å². The van der Waals surface area contributed by atoms with Gasteiger partial charge in [0.1, 0.15) is 13.2 Å². The van der Waals surface area contributed by atoms with Gasteiger partial charge < -0.3 is 34.1 Å². The zero-order valence-corrected chi connectivity index (χ0v) is 15.7. The highest BCUT2D eigenvalue weighted by atomic mass is 16.6. The molecule has 9 heteroatoms. The fourth-order valence-corrected chi connectivity index (χ4v) is 1.76. The monoisotopic (exact) mass is 379 g/mol. The molecule has 0 unspecified atom stereocenters. The zero-order valence-electron chi connectivity index (χ0n) is 15.7. The lowest BCUT2D eigenvalue weighted by atomic mass is 10.3. The van der Waals surface area contributed by atoms with Gasteiger partial charge in [-0.15, -0.1) is 0 Å². The van der Waals surface area contributed by atoms with Crippen LogP contribution in [-0.4, -0.2) is 89.6 Å². The number of carbonyl (C=O) groups excluding carboxylic acids is 1. The first-order chi connectivity index (χ1) is 12.7. The number of unbranched alkanes of at least 4 members (excludes halogenated alkanes) is 2. The summed E-state index contributed by atoms with van der Waals surface area (Å²) in [5, 5.41) is 10.9. The summed E-state index contributed by atoms with van der Waals surface area (Å²) in [5.74, 6) is -1.49. The maximum atomic E-state index is 11.2. The number of ether oxygens (including phenoxy) is 5. The Balaban J connectivity index is 3.11. The summed E-state index contributed by atoms with van der Waals surface area (Å²) >= 11 is 0. The van der Waals surface area contributed by atoms with E-state index in [0.717, 1.165) is 13.0 Å². The molecule has 0 aromatic carbocycles. The van der Waals surface area contributed by atoms with Gasteiger partial charge in [0.05, 0.1) is 46.2 Å². The van der Waals surface area contributed by atoms with Crippen LogP contribution in [0.4, 0.5) is 0 Å². The Hall–Kier alpha value is -1.26. The Labute approximate surface area is 155 Å². The molecular weight excluding hydrogens is 346 g/mol. The first-order valence-corrected chi connectivity index (χ1v) is 9.04. The third-order valence-corrected chi connectivity index (χ3v) is 3.04. The summed E-state index contributed by atoms with van der Waals surface area (Å²) in [6, 6.07) is 0. The van der Waals surface area contributed by atoms with Crippen LogP contribution in [0.1, 0.15) is 26.2 Å². The van der Waals surface area contributed by atoms with Crippen molar-refractivity contribution in [1.82, 2.24) is 5.32 Å². The maximum absolute atomic E-state index is 11.2. The van der Waals surface area contributed by atoms with Crippen LogP contribution in [0.25, 0.3) is 0 Å². The van der Waals surface area contributed by atoms with Crippen molar-refractivity contribution in [3.8, 4) is 0 Å². The standard InChI is InChI=1S/C17H33NO8/c1-2-3-4-6-22-8-10-24-12-13-25-11-9-23-7-5-18-16(19)14-26-15-17(20)21/h2-15H2,1H3,(H,18,19)(H,20,21). The molecule has 9 nitrogen and oxygen atoms in total. The first-order valence-electron chi connectivity index (χ1n) is 9.04. The summed E-state index contributed by atoms with van der Waals surface area (Å²) in [4.78, 5) is 21.4. The molecule has 154 valence electrons. The largest absolute Gasteiger partial charge is 0.480 e. The molecule has 1 amide bonds. The molecule has 2 N–H and O–H groups in total. The predicted octanol–water partition coefficient (Wildman–Crippen LogP) is 0.460. The molecule has 0 rings (SSSR count). The van der Waals surface area contributed by atoms with Crippen LogP contribution in [0.5, 0.6) is 0 Å². The molecule has 0 heterocycles. The molecular formula is C17H33NO8. The normalized spacial score (nSPS) is 10.8. The minimum atomic E-state index is -1.11. The third kappa shape index (κ3) is 20.8. The minimum Gasteiger partial charge on any atom is -0.480 e. The molecule has 0 aliphatic heterocycles. The Morgan fingerprint density at radius 2 is 1.27 bits per heavy atom. The van der Waals surface area contributed by atoms with Crippen molar-refractivity contribution in [3.63, 3.8) is 0 Å². The Kier molecular flexibility index (Phi) is 19.1. The number of carbonyl (C=O) groups is 2. The molecule has 0 saturated heterocycles. The highest BCUT2D eigenvalue weighted by molar-refractivity contribution is 5.77. The second-order valence-corrected chi connectivity index (χ2v) is 5.39. The Morgan fingerprint density at radius 3 is 1.81 bits per heavy atom. The highest BCUT2D eigenvalue weighted by Crippen LogP contribution is 1.93. The molecule has 0 spiro atoms. The van der Waals surface area contributed by atoms with Crippen molar-refractivity contribution < 1.29 is 38.4 Å². The summed E-state index contributed by atoms with van der Waals surface area (Å²) in [6.45, 7) is 5.93. The van der Waals surface area contributed by atoms with Gasteiger partial charge in [0, 0.05) is 13.2 Å². The second-order valence-electron chi connectivity index (χ2n) is 5.39. The minimum absolute atomic E-state index is 0.279. The number of amides is 1. The Bertz CT molecular complexity index is 341. The maximum Gasteiger partial charge on any atom is 0.329 e. The van der Waals surface area contributed by atoms with E-state index in [4.69, 9.17) is 24.1 Å². The van der Waals surface area contributed by atoms with Crippen LogP contribution in [0.3, 0.4) is 0 Å². The van der Waals surface area contributed by atoms with Crippen LogP contribution >= 0.6 is 0 Å². The van der Waals surface area contributed by atoms with Gasteiger partial charge in [-0.05, 0) is 6.42 Å². The zero-order chi connectivity index (χ0) is 19.3. The summed E-state index contributed by atoms with van der Waals surface area (Å²) in [5.41, 5.74) is 0. The number of carboxylic acids is 1. The molecule has 0 radical (unpaired) electrons. The fourth-order valence-electron chi connectivity index (χ4n) is 1.76. The number of aliphatic carboxylic acids is 1. The smallest absolute Gasteiger partial charge is 0.329 e. The SMILES string of the molecule is CCCCCOCCOCCOCCOCCNC(=O)COCC(=O)O. The quantitative estimate of drug-likeness (QED) is 0.293. The summed E-state index contributed by atoms with van der Waals surface area (Å²) < 4.78 is 26.1. The van der Waals surface area contributed by atoms with Gasteiger partial charge in [0.15, 0.2) is 0 Å². The van der Waals surface area contributed by atoms with Crippen molar-refractivity contribution in [2.75, 3.05) is 72.6 Å². The molecule has 0 aliphatic rings. The lowest BCUT2D eigenvalue weighted by molar-refractivity contribution is -0.143. The van der Waals surface area contributed by atoms with Gasteiger partial charge in [-0.1, -0.05) is 19.8 Å². The van der Waals surface area contributed by atoms with E-state index in [0.29, 0.717) is 52.8 Å². The average molecular weight is 379 g/mol. The van der Waals surface area contributed by atoms with E-state index in [1.807, 2.05) is 0 Å². The summed E-state index contributed by atoms with van der Waals surface area (Å²) in [6.07, 6.45) is 3.49. The molecule has 0 aromatic heterocycles. The highest BCUT2D eigenvalue weighted by Gasteiger charge is 2.02. The number of hydrogen-bond acceptors (Lipinski definition) is 7. The number of nitrogens with one attached hydrogen (secondary N) is 1. The predicted molar refractivity (Wildman–Crippen MR) is 94.3 cm³/mol. The van der Waals surface area contributed by atoms with Gasteiger partial charge in [0.25, 0.3) is 0 Å². The van der Waals surface area contributed by atoms with Crippen molar-refractivity contribution in [3.05, 3.63) is 0 Å².